The molecule has 0 atom stereocenters. The van der Waals surface area contributed by atoms with Crippen LogP contribution < -0.4 is 16.9 Å². The lowest BCUT2D eigenvalue weighted by molar-refractivity contribution is 0.0524. The summed E-state index contributed by atoms with van der Waals surface area (Å²) in [5, 5.41) is -0.322. The monoisotopic (exact) mass is 339 g/mol. The minimum absolute atomic E-state index is 0.0335. The number of carbonyl (C=O) groups is 1. The zero-order valence-electron chi connectivity index (χ0n) is 12.4. The molecule has 0 saturated heterocycles. The number of fused-ring (bicyclic) bond motifs is 1. The molecule has 23 heavy (non-hydrogen) atoms. The number of aromatic nitrogens is 1. The number of anilines is 2. The number of nitrogen functional groups attached to an aromatic ring is 2. The third-order valence-electron chi connectivity index (χ3n) is 3.87. The predicted octanol–water partition coefficient (Wildman–Crippen LogP) is 2.47. The maximum Gasteiger partial charge on any atom is 0.343 e. The van der Waals surface area contributed by atoms with Gasteiger partial charge in [0.05, 0.1) is 28.9 Å². The number of halogens is 2. The van der Waals surface area contributed by atoms with E-state index < -0.39 is 22.9 Å². The van der Waals surface area contributed by atoms with Crippen LogP contribution in [-0.2, 0) is 4.74 Å². The number of pyridine rings is 1. The molecule has 6 nitrogen and oxygen atoms in total. The summed E-state index contributed by atoms with van der Waals surface area (Å²) >= 11 is 6.06. The number of ether oxygens (including phenoxy) is 1. The van der Waals surface area contributed by atoms with Crippen molar-refractivity contribution >= 4 is 39.8 Å². The summed E-state index contributed by atoms with van der Waals surface area (Å²) in [6.07, 6.45) is 3.03. The molecule has 1 fully saturated rings. The summed E-state index contributed by atoms with van der Waals surface area (Å²) in [6, 6.07) is 0.0335. The molecule has 1 aliphatic rings. The molecule has 1 heterocycles. The van der Waals surface area contributed by atoms with Crippen LogP contribution in [0.2, 0.25) is 5.02 Å². The molecule has 0 spiro atoms. The second kappa shape index (κ2) is 5.42. The molecule has 3 rings (SSSR count). The van der Waals surface area contributed by atoms with Crippen LogP contribution in [0.1, 0.15) is 36.2 Å². The van der Waals surface area contributed by atoms with Crippen LogP contribution in [0.4, 0.5) is 15.8 Å². The zero-order chi connectivity index (χ0) is 16.9. The molecule has 1 aliphatic carbocycles. The first-order chi connectivity index (χ1) is 10.9. The van der Waals surface area contributed by atoms with Crippen molar-refractivity contribution in [2.24, 2.45) is 0 Å². The van der Waals surface area contributed by atoms with Gasteiger partial charge in [0.15, 0.2) is 5.82 Å². The Morgan fingerprint density at radius 1 is 1.43 bits per heavy atom. The van der Waals surface area contributed by atoms with Crippen LogP contribution >= 0.6 is 11.6 Å². The second-order valence-electron chi connectivity index (χ2n) is 5.41. The van der Waals surface area contributed by atoms with Gasteiger partial charge in [-0.3, -0.25) is 4.79 Å². The minimum Gasteiger partial charge on any atom is -0.462 e. The van der Waals surface area contributed by atoms with E-state index in [9.17, 15) is 14.0 Å². The zero-order valence-corrected chi connectivity index (χ0v) is 13.1. The van der Waals surface area contributed by atoms with Crippen molar-refractivity contribution in [1.82, 2.24) is 4.57 Å². The number of hydrogen-bond donors (Lipinski definition) is 2. The number of nitrogens with zero attached hydrogens (tertiary/aromatic N) is 1. The van der Waals surface area contributed by atoms with E-state index in [2.05, 4.69) is 0 Å². The van der Waals surface area contributed by atoms with Gasteiger partial charge >= 0.3 is 5.97 Å². The summed E-state index contributed by atoms with van der Waals surface area (Å²) in [5.74, 6) is -1.62. The van der Waals surface area contributed by atoms with E-state index in [1.54, 1.807) is 11.5 Å². The van der Waals surface area contributed by atoms with Gasteiger partial charge in [-0.15, -0.1) is 0 Å². The first-order valence-electron chi connectivity index (χ1n) is 7.16. The average molecular weight is 340 g/mol. The van der Waals surface area contributed by atoms with E-state index in [1.165, 1.54) is 6.20 Å². The molecule has 1 aromatic carbocycles. The second-order valence-corrected chi connectivity index (χ2v) is 5.79. The summed E-state index contributed by atoms with van der Waals surface area (Å²) in [7, 11) is 0. The van der Waals surface area contributed by atoms with Gasteiger partial charge in [0.2, 0.25) is 5.43 Å². The smallest absolute Gasteiger partial charge is 0.343 e. The van der Waals surface area contributed by atoms with Crippen molar-refractivity contribution < 1.29 is 13.9 Å². The Bertz CT molecular complexity index is 890. The average Bonchev–Trinajstić information content (AvgIpc) is 3.35. The highest BCUT2D eigenvalue weighted by atomic mass is 35.5. The molecule has 0 unspecified atom stereocenters. The van der Waals surface area contributed by atoms with Gasteiger partial charge in [0.1, 0.15) is 10.6 Å². The van der Waals surface area contributed by atoms with Gasteiger partial charge in [-0.05, 0) is 19.8 Å². The highest BCUT2D eigenvalue weighted by Crippen LogP contribution is 2.42. The largest absolute Gasteiger partial charge is 0.462 e. The quantitative estimate of drug-likeness (QED) is 0.661. The standard InChI is InChI=1S/C15H15ClFN3O3/c1-2-23-15(22)7-5-20(6-3-4-6)13-8(14(7)21)11(18)12(19)10(17)9(13)16/h5-6H,2-4,18-19H2,1H3. The molecule has 122 valence electrons. The van der Waals surface area contributed by atoms with Crippen LogP contribution in [0.15, 0.2) is 11.0 Å². The summed E-state index contributed by atoms with van der Waals surface area (Å²) in [6.45, 7) is 1.76. The molecular formula is C15H15ClFN3O3. The van der Waals surface area contributed by atoms with Crippen LogP contribution in [-0.4, -0.2) is 17.1 Å². The third-order valence-corrected chi connectivity index (χ3v) is 4.21. The van der Waals surface area contributed by atoms with Crippen molar-refractivity contribution in [3.8, 4) is 0 Å². The van der Waals surface area contributed by atoms with Crippen LogP contribution in [0.25, 0.3) is 10.9 Å². The number of hydrogen-bond acceptors (Lipinski definition) is 5. The van der Waals surface area contributed by atoms with E-state index in [0.29, 0.717) is 0 Å². The van der Waals surface area contributed by atoms with Gasteiger partial charge in [0.25, 0.3) is 0 Å². The Labute approximate surface area is 135 Å². The lowest BCUT2D eigenvalue weighted by Crippen LogP contribution is -2.22. The fraction of sp³-hybridized carbons (Fsp3) is 0.333. The topological polar surface area (TPSA) is 100 Å². The number of carbonyl (C=O) groups excluding carboxylic acids is 1. The highest BCUT2D eigenvalue weighted by Gasteiger charge is 2.30. The number of esters is 1. The lowest BCUT2D eigenvalue weighted by atomic mass is 10.1. The Balaban J connectivity index is 2.46. The summed E-state index contributed by atoms with van der Waals surface area (Å²) < 4.78 is 20.7. The molecule has 0 bridgehead atoms. The normalized spacial score (nSPS) is 14.2. The molecule has 1 aromatic heterocycles. The van der Waals surface area contributed by atoms with Crippen molar-refractivity contribution in [2.75, 3.05) is 18.1 Å². The van der Waals surface area contributed by atoms with E-state index in [4.69, 9.17) is 27.8 Å². The van der Waals surface area contributed by atoms with Crippen molar-refractivity contribution in [1.29, 1.82) is 0 Å². The van der Waals surface area contributed by atoms with Gasteiger partial charge < -0.3 is 20.8 Å². The Morgan fingerprint density at radius 3 is 2.65 bits per heavy atom. The summed E-state index contributed by atoms with van der Waals surface area (Å²) in [4.78, 5) is 24.7. The van der Waals surface area contributed by atoms with E-state index in [1.807, 2.05) is 0 Å². The Kier molecular flexibility index (Phi) is 3.68. The molecule has 0 radical (unpaired) electrons. The van der Waals surface area contributed by atoms with E-state index in [-0.39, 0.29) is 39.8 Å². The van der Waals surface area contributed by atoms with Crippen molar-refractivity contribution in [3.63, 3.8) is 0 Å². The molecular weight excluding hydrogens is 325 g/mol. The molecule has 2 aromatic rings. The highest BCUT2D eigenvalue weighted by molar-refractivity contribution is 6.36. The van der Waals surface area contributed by atoms with Gasteiger partial charge in [-0.1, -0.05) is 11.6 Å². The van der Waals surface area contributed by atoms with Crippen LogP contribution in [0.5, 0.6) is 0 Å². The SMILES string of the molecule is CCOC(=O)c1cn(C2CC2)c2c(Cl)c(F)c(N)c(N)c2c1=O. The molecule has 1 saturated carbocycles. The van der Waals surface area contributed by atoms with Gasteiger partial charge in [-0.25, -0.2) is 9.18 Å². The first kappa shape index (κ1) is 15.6. The Morgan fingerprint density at radius 2 is 2.09 bits per heavy atom. The Hall–Kier alpha value is -2.28. The van der Waals surface area contributed by atoms with Gasteiger partial charge in [0, 0.05) is 12.2 Å². The number of rotatable bonds is 3. The first-order valence-corrected chi connectivity index (χ1v) is 7.54. The molecule has 8 heteroatoms. The maximum atomic E-state index is 14.2. The molecule has 0 amide bonds. The maximum absolute atomic E-state index is 14.2. The lowest BCUT2D eigenvalue weighted by Gasteiger charge is -2.16. The van der Waals surface area contributed by atoms with Crippen LogP contribution in [0, 0.1) is 5.82 Å². The predicted molar refractivity (Wildman–Crippen MR) is 86.2 cm³/mol. The molecule has 4 N–H and O–H groups in total. The minimum atomic E-state index is -0.866. The summed E-state index contributed by atoms with van der Waals surface area (Å²) in [5.41, 5.74) is 10.1. The van der Waals surface area contributed by atoms with Crippen molar-refractivity contribution in [3.05, 3.63) is 32.8 Å². The fourth-order valence-electron chi connectivity index (χ4n) is 2.58. The number of nitrogens with two attached hydrogens (primary N) is 2. The van der Waals surface area contributed by atoms with E-state index >= 15 is 0 Å². The van der Waals surface area contributed by atoms with Crippen molar-refractivity contribution in [2.45, 2.75) is 25.8 Å². The van der Waals surface area contributed by atoms with E-state index in [0.717, 1.165) is 12.8 Å². The molecule has 0 aliphatic heterocycles. The number of benzene rings is 1. The third kappa shape index (κ3) is 2.31. The van der Waals surface area contributed by atoms with Crippen LogP contribution in [0.3, 0.4) is 0 Å². The van der Waals surface area contributed by atoms with Gasteiger partial charge in [-0.2, -0.15) is 0 Å². The fourth-order valence-corrected chi connectivity index (χ4v) is 2.87.